The minimum atomic E-state index is -3.30. The highest BCUT2D eigenvalue weighted by Gasteiger charge is 2.22. The normalized spacial score (nSPS) is 11.9. The van der Waals surface area contributed by atoms with Gasteiger partial charge in [-0.25, -0.2) is 13.4 Å². The number of fused-ring (bicyclic) bond motifs is 1. The molecule has 0 aliphatic rings. The lowest BCUT2D eigenvalue weighted by molar-refractivity contribution is 0.0985. The Bertz CT molecular complexity index is 1170. The number of nitrogens with zero attached hydrogens (tertiary/aromatic N) is 3. The summed E-state index contributed by atoms with van der Waals surface area (Å²) in [6.07, 6.45) is 0. The van der Waals surface area contributed by atoms with Crippen molar-refractivity contribution in [3.8, 4) is 0 Å². The van der Waals surface area contributed by atoms with Gasteiger partial charge in [-0.3, -0.25) is 9.69 Å². The number of hydrogen-bond acceptors (Lipinski definition) is 6. The summed E-state index contributed by atoms with van der Waals surface area (Å²) in [6.45, 7) is 6.85. The third-order valence-corrected chi connectivity index (χ3v) is 7.68. The van der Waals surface area contributed by atoms with Crippen molar-refractivity contribution in [1.29, 1.82) is 0 Å². The van der Waals surface area contributed by atoms with E-state index in [1.165, 1.54) is 23.5 Å². The lowest BCUT2D eigenvalue weighted by atomic mass is 10.1. The predicted molar refractivity (Wildman–Crippen MR) is 123 cm³/mol. The Balaban J connectivity index is 1.99. The number of carbonyl (C=O) groups excluding carboxylic acids is 1. The van der Waals surface area contributed by atoms with Crippen LogP contribution >= 0.6 is 11.3 Å². The fraction of sp³-hybridized carbons (Fsp3) is 0.364. The number of benzene rings is 2. The molecule has 30 heavy (non-hydrogen) atoms. The van der Waals surface area contributed by atoms with Gasteiger partial charge in [0, 0.05) is 18.7 Å². The molecule has 0 fully saturated rings. The minimum Gasteiger partial charge on any atom is -0.308 e. The molecule has 0 unspecified atom stereocenters. The molecule has 160 valence electrons. The van der Waals surface area contributed by atoms with Gasteiger partial charge in [0.25, 0.3) is 5.91 Å². The van der Waals surface area contributed by atoms with E-state index in [0.717, 1.165) is 21.3 Å². The van der Waals surface area contributed by atoms with Gasteiger partial charge < -0.3 is 4.90 Å². The molecule has 3 rings (SSSR count). The van der Waals surface area contributed by atoms with Gasteiger partial charge in [-0.2, -0.15) is 0 Å². The van der Waals surface area contributed by atoms with Gasteiger partial charge in [0.1, 0.15) is 0 Å². The zero-order chi connectivity index (χ0) is 22.1. The van der Waals surface area contributed by atoms with Crippen LogP contribution in [0.3, 0.4) is 0 Å². The van der Waals surface area contributed by atoms with Gasteiger partial charge in [0.15, 0.2) is 15.0 Å². The van der Waals surface area contributed by atoms with Crippen molar-refractivity contribution in [3.05, 3.63) is 53.1 Å². The Hall–Kier alpha value is -2.29. The van der Waals surface area contributed by atoms with Gasteiger partial charge in [0.05, 0.1) is 20.9 Å². The number of aromatic nitrogens is 1. The van der Waals surface area contributed by atoms with E-state index in [9.17, 15) is 13.2 Å². The first-order chi connectivity index (χ1) is 14.1. The second-order valence-electron chi connectivity index (χ2n) is 7.61. The molecule has 0 bridgehead atoms. The van der Waals surface area contributed by atoms with Crippen LogP contribution in [0.4, 0.5) is 5.13 Å². The largest absolute Gasteiger partial charge is 0.308 e. The fourth-order valence-electron chi connectivity index (χ4n) is 3.19. The first-order valence-corrected chi connectivity index (χ1v) is 12.3. The molecule has 1 heterocycles. The van der Waals surface area contributed by atoms with Gasteiger partial charge in [-0.05, 0) is 69.4 Å². The van der Waals surface area contributed by atoms with Crippen LogP contribution in [-0.4, -0.2) is 57.1 Å². The molecule has 0 radical (unpaired) electrons. The van der Waals surface area contributed by atoms with Crippen molar-refractivity contribution >= 4 is 42.4 Å². The SMILES string of the molecule is CCS(=O)(=O)c1ccc(C(=O)N(CCN(C)C)c2nc3c(C)cc(C)cc3s2)cc1. The lowest BCUT2D eigenvalue weighted by Gasteiger charge is -2.22. The van der Waals surface area contributed by atoms with Crippen LogP contribution in [0.1, 0.15) is 28.4 Å². The van der Waals surface area contributed by atoms with Crippen molar-refractivity contribution in [3.63, 3.8) is 0 Å². The number of rotatable bonds is 7. The van der Waals surface area contributed by atoms with E-state index in [1.807, 2.05) is 32.8 Å². The maximum atomic E-state index is 13.3. The summed E-state index contributed by atoms with van der Waals surface area (Å²) in [6, 6.07) is 10.3. The third kappa shape index (κ3) is 4.71. The highest BCUT2D eigenvalue weighted by atomic mass is 32.2. The number of sulfone groups is 1. The zero-order valence-electron chi connectivity index (χ0n) is 18.0. The van der Waals surface area contributed by atoms with Crippen LogP contribution in [0.2, 0.25) is 0 Å². The predicted octanol–water partition coefficient (Wildman–Crippen LogP) is 3.92. The molecule has 1 aromatic heterocycles. The highest BCUT2D eigenvalue weighted by molar-refractivity contribution is 7.91. The Labute approximate surface area is 182 Å². The van der Waals surface area contributed by atoms with Crippen LogP contribution in [0.25, 0.3) is 10.2 Å². The van der Waals surface area contributed by atoms with Crippen molar-refractivity contribution in [1.82, 2.24) is 9.88 Å². The summed E-state index contributed by atoms with van der Waals surface area (Å²) < 4.78 is 25.2. The average molecular weight is 446 g/mol. The second-order valence-corrected chi connectivity index (χ2v) is 10.9. The number of likely N-dealkylation sites (N-methyl/N-ethyl adjacent to an activating group) is 1. The van der Waals surface area contributed by atoms with Crippen LogP contribution in [0, 0.1) is 13.8 Å². The fourth-order valence-corrected chi connectivity index (χ4v) is 5.24. The van der Waals surface area contributed by atoms with Crippen molar-refractivity contribution in [2.75, 3.05) is 37.8 Å². The molecule has 2 aromatic carbocycles. The van der Waals surface area contributed by atoms with E-state index >= 15 is 0 Å². The highest BCUT2D eigenvalue weighted by Crippen LogP contribution is 2.32. The molecule has 0 aliphatic carbocycles. The van der Waals surface area contributed by atoms with E-state index in [4.69, 9.17) is 4.98 Å². The first-order valence-electron chi connectivity index (χ1n) is 9.79. The molecular weight excluding hydrogens is 418 g/mol. The van der Waals surface area contributed by atoms with Gasteiger partial charge in [0.2, 0.25) is 0 Å². The molecular formula is C22H27N3O3S2. The summed E-state index contributed by atoms with van der Waals surface area (Å²) >= 11 is 1.50. The Morgan fingerprint density at radius 1 is 1.07 bits per heavy atom. The number of amides is 1. The molecule has 0 aliphatic heterocycles. The molecule has 0 N–H and O–H groups in total. The minimum absolute atomic E-state index is 0.0275. The summed E-state index contributed by atoms with van der Waals surface area (Å²) in [4.78, 5) is 22.0. The zero-order valence-corrected chi connectivity index (χ0v) is 19.6. The number of anilines is 1. The Morgan fingerprint density at radius 3 is 2.33 bits per heavy atom. The number of carbonyl (C=O) groups is 1. The monoisotopic (exact) mass is 445 g/mol. The molecule has 6 nitrogen and oxygen atoms in total. The first kappa shape index (κ1) is 22.4. The Kier molecular flexibility index (Phi) is 6.59. The molecule has 0 atom stereocenters. The van der Waals surface area contributed by atoms with Crippen molar-refractivity contribution in [2.45, 2.75) is 25.7 Å². The number of hydrogen-bond donors (Lipinski definition) is 0. The summed E-state index contributed by atoms with van der Waals surface area (Å²) in [5.74, 6) is -0.162. The van der Waals surface area contributed by atoms with Crippen LogP contribution in [0.5, 0.6) is 0 Å². The summed E-state index contributed by atoms with van der Waals surface area (Å²) in [5, 5.41) is 0.649. The number of thiazole rings is 1. The van der Waals surface area contributed by atoms with E-state index in [0.29, 0.717) is 23.8 Å². The van der Waals surface area contributed by atoms with E-state index in [1.54, 1.807) is 24.0 Å². The molecule has 3 aromatic rings. The third-order valence-electron chi connectivity index (χ3n) is 4.91. The number of aryl methyl sites for hydroxylation is 2. The standard InChI is InChI=1S/C22H27N3O3S2/c1-6-30(27,28)18-9-7-17(8-10-18)21(26)25(12-11-24(4)5)22-23-20-16(3)13-15(2)14-19(20)29-22/h7-10,13-14H,6,11-12H2,1-5H3. The van der Waals surface area contributed by atoms with Crippen molar-refractivity contribution in [2.24, 2.45) is 0 Å². The topological polar surface area (TPSA) is 70.6 Å². The molecule has 0 spiro atoms. The van der Waals surface area contributed by atoms with Crippen LogP contribution in [0.15, 0.2) is 41.3 Å². The van der Waals surface area contributed by atoms with E-state index < -0.39 is 9.84 Å². The molecule has 1 amide bonds. The average Bonchev–Trinajstić information content (AvgIpc) is 3.12. The maximum Gasteiger partial charge on any atom is 0.260 e. The molecule has 8 heteroatoms. The molecule has 0 saturated carbocycles. The van der Waals surface area contributed by atoms with E-state index in [-0.39, 0.29) is 16.6 Å². The van der Waals surface area contributed by atoms with Crippen LogP contribution < -0.4 is 4.90 Å². The van der Waals surface area contributed by atoms with Crippen molar-refractivity contribution < 1.29 is 13.2 Å². The van der Waals surface area contributed by atoms with Gasteiger partial charge in [-0.15, -0.1) is 0 Å². The van der Waals surface area contributed by atoms with Gasteiger partial charge >= 0.3 is 0 Å². The quantitative estimate of drug-likeness (QED) is 0.551. The van der Waals surface area contributed by atoms with Gasteiger partial charge in [-0.1, -0.05) is 24.3 Å². The lowest BCUT2D eigenvalue weighted by Crippen LogP contribution is -2.36. The Morgan fingerprint density at radius 2 is 1.73 bits per heavy atom. The van der Waals surface area contributed by atoms with E-state index in [2.05, 4.69) is 12.1 Å². The summed E-state index contributed by atoms with van der Waals surface area (Å²) in [7, 11) is 0.612. The van der Waals surface area contributed by atoms with Crippen LogP contribution in [-0.2, 0) is 9.84 Å². The smallest absolute Gasteiger partial charge is 0.260 e. The molecule has 0 saturated heterocycles. The second kappa shape index (κ2) is 8.83. The summed E-state index contributed by atoms with van der Waals surface area (Å²) in [5.41, 5.74) is 3.60. The maximum absolute atomic E-state index is 13.3.